The summed E-state index contributed by atoms with van der Waals surface area (Å²) in [7, 11) is 0. The van der Waals surface area contributed by atoms with Gasteiger partial charge in [0.15, 0.2) is 0 Å². The van der Waals surface area contributed by atoms with Crippen molar-refractivity contribution in [1.82, 2.24) is 0 Å². The van der Waals surface area contributed by atoms with E-state index in [-0.39, 0.29) is 11.8 Å². The van der Waals surface area contributed by atoms with Gasteiger partial charge in [-0.1, -0.05) is 45.0 Å². The topological polar surface area (TPSA) is 63.3 Å². The zero-order chi connectivity index (χ0) is 15.0. The van der Waals surface area contributed by atoms with Gasteiger partial charge >= 0.3 is 5.97 Å². The lowest BCUT2D eigenvalue weighted by Gasteiger charge is -2.50. The first-order valence-corrected chi connectivity index (χ1v) is 7.26. The first-order chi connectivity index (χ1) is 9.18. The molecule has 4 rings (SSSR count). The van der Waals surface area contributed by atoms with Crippen LogP contribution in [0, 0.1) is 11.3 Å². The lowest BCUT2D eigenvalue weighted by atomic mass is 9.58. The standard InChI is InChI=1S/C10H19NO2.C7H6/c1-9(2,3)7-4-10(11,5-7)6-8(12)13;1-2-6-4-7(3-1)5-6/h7H,4-6,11H2,1-3H3,(H,12,13);1-4H,5H2. The fourth-order valence-electron chi connectivity index (χ4n) is 2.93. The third-order valence-electron chi connectivity index (χ3n) is 4.43. The molecule has 20 heavy (non-hydrogen) atoms. The predicted molar refractivity (Wildman–Crippen MR) is 80.6 cm³/mol. The second-order valence-electron chi connectivity index (χ2n) is 7.40. The zero-order valence-corrected chi connectivity index (χ0v) is 12.6. The third-order valence-corrected chi connectivity index (χ3v) is 4.43. The molecule has 0 atom stereocenters. The molecule has 0 saturated heterocycles. The molecule has 110 valence electrons. The van der Waals surface area contributed by atoms with Crippen LogP contribution in [0.1, 0.15) is 51.2 Å². The maximum absolute atomic E-state index is 10.5. The van der Waals surface area contributed by atoms with Crippen molar-refractivity contribution in [3.8, 4) is 0 Å². The summed E-state index contributed by atoms with van der Waals surface area (Å²) in [5.74, 6) is -0.202. The monoisotopic (exact) mass is 275 g/mol. The van der Waals surface area contributed by atoms with Gasteiger partial charge in [-0.3, -0.25) is 4.79 Å². The van der Waals surface area contributed by atoms with Crippen molar-refractivity contribution in [2.75, 3.05) is 0 Å². The molecule has 0 heterocycles. The van der Waals surface area contributed by atoms with Crippen LogP contribution in [-0.4, -0.2) is 16.6 Å². The van der Waals surface area contributed by atoms with Gasteiger partial charge in [-0.2, -0.15) is 0 Å². The van der Waals surface area contributed by atoms with Gasteiger partial charge in [0.05, 0.1) is 6.42 Å². The van der Waals surface area contributed by atoms with Gasteiger partial charge in [-0.05, 0) is 41.7 Å². The molecule has 1 saturated carbocycles. The van der Waals surface area contributed by atoms with Crippen LogP contribution < -0.4 is 5.73 Å². The molecule has 1 aromatic rings. The van der Waals surface area contributed by atoms with E-state index in [1.54, 1.807) is 0 Å². The maximum atomic E-state index is 10.5. The van der Waals surface area contributed by atoms with E-state index >= 15 is 0 Å². The summed E-state index contributed by atoms with van der Waals surface area (Å²) in [5.41, 5.74) is 8.72. The van der Waals surface area contributed by atoms with Gasteiger partial charge < -0.3 is 10.8 Å². The number of carboxylic acid groups (broad SMARTS) is 1. The molecule has 3 N–H and O–H groups in total. The van der Waals surface area contributed by atoms with E-state index in [1.807, 2.05) is 0 Å². The molecule has 3 aliphatic rings. The average Bonchev–Trinajstić information content (AvgIpc) is 2.24. The van der Waals surface area contributed by atoms with Crippen molar-refractivity contribution < 1.29 is 9.90 Å². The Balaban J connectivity index is 0.000000173. The molecular formula is C17H25NO2. The Labute approximate surface area is 121 Å². The van der Waals surface area contributed by atoms with Crippen LogP contribution in [0.5, 0.6) is 0 Å². The van der Waals surface area contributed by atoms with E-state index in [1.165, 1.54) is 17.5 Å². The van der Waals surface area contributed by atoms with Crippen molar-refractivity contribution in [3.05, 3.63) is 35.4 Å². The fraction of sp³-hybridized carbons (Fsp3) is 0.588. The van der Waals surface area contributed by atoms with Crippen molar-refractivity contribution in [2.45, 2.75) is 52.0 Å². The van der Waals surface area contributed by atoms with Crippen LogP contribution in [-0.2, 0) is 11.2 Å². The highest BCUT2D eigenvalue weighted by atomic mass is 16.4. The van der Waals surface area contributed by atoms with Gasteiger partial charge in [0.25, 0.3) is 0 Å². The average molecular weight is 275 g/mol. The van der Waals surface area contributed by atoms with Gasteiger partial charge in [-0.25, -0.2) is 0 Å². The van der Waals surface area contributed by atoms with Gasteiger partial charge in [0.1, 0.15) is 0 Å². The first kappa shape index (κ1) is 15.0. The molecule has 0 aromatic heterocycles. The Morgan fingerprint density at radius 3 is 2.10 bits per heavy atom. The largest absolute Gasteiger partial charge is 0.481 e. The summed E-state index contributed by atoms with van der Waals surface area (Å²) in [4.78, 5) is 10.5. The minimum Gasteiger partial charge on any atom is -0.481 e. The summed E-state index contributed by atoms with van der Waals surface area (Å²) in [6.45, 7) is 6.54. The van der Waals surface area contributed by atoms with Crippen LogP contribution >= 0.6 is 0 Å². The zero-order valence-electron chi connectivity index (χ0n) is 12.6. The number of carbonyl (C=O) groups is 1. The summed E-state index contributed by atoms with van der Waals surface area (Å²) >= 11 is 0. The van der Waals surface area contributed by atoms with Crippen LogP contribution in [0.15, 0.2) is 24.3 Å². The molecule has 3 heteroatoms. The van der Waals surface area contributed by atoms with Gasteiger partial charge in [-0.15, -0.1) is 0 Å². The quantitative estimate of drug-likeness (QED) is 0.884. The van der Waals surface area contributed by atoms with E-state index in [2.05, 4.69) is 45.0 Å². The number of carboxylic acids is 1. The summed E-state index contributed by atoms with van der Waals surface area (Å²) in [6, 6.07) is 8.65. The minimum atomic E-state index is -0.783. The number of hydrogen-bond donors (Lipinski definition) is 2. The number of aliphatic carboxylic acids is 1. The maximum Gasteiger partial charge on any atom is 0.305 e. The molecule has 0 radical (unpaired) electrons. The van der Waals surface area contributed by atoms with Crippen LogP contribution in [0.4, 0.5) is 0 Å². The van der Waals surface area contributed by atoms with E-state index in [0.717, 1.165) is 12.8 Å². The summed E-state index contributed by atoms with van der Waals surface area (Å²) in [6.07, 6.45) is 3.03. The normalized spacial score (nSPS) is 26.7. The number of hydrogen-bond acceptors (Lipinski definition) is 2. The SMILES string of the molecule is CC(C)(C)C1CC(N)(CC(=O)O)C1.c1cc2cc(c1)C2. The number of nitrogens with two attached hydrogens (primary N) is 1. The predicted octanol–water partition coefficient (Wildman–Crippen LogP) is 3.21. The summed E-state index contributed by atoms with van der Waals surface area (Å²) < 4.78 is 0. The Morgan fingerprint density at radius 2 is 1.85 bits per heavy atom. The Hall–Kier alpha value is -1.35. The molecule has 0 unspecified atom stereocenters. The smallest absolute Gasteiger partial charge is 0.305 e. The third kappa shape index (κ3) is 3.60. The highest BCUT2D eigenvalue weighted by molar-refractivity contribution is 5.68. The van der Waals surface area contributed by atoms with E-state index < -0.39 is 11.5 Å². The molecule has 2 bridgehead atoms. The Bertz CT molecular complexity index is 471. The fourth-order valence-corrected chi connectivity index (χ4v) is 2.93. The number of rotatable bonds is 2. The first-order valence-electron chi connectivity index (χ1n) is 7.26. The lowest BCUT2D eigenvalue weighted by Crippen LogP contribution is -2.56. The second kappa shape index (κ2) is 5.21. The van der Waals surface area contributed by atoms with Gasteiger partial charge in [0, 0.05) is 5.54 Å². The van der Waals surface area contributed by atoms with Crippen LogP contribution in [0.25, 0.3) is 0 Å². The molecule has 1 fully saturated rings. The van der Waals surface area contributed by atoms with E-state index in [4.69, 9.17) is 10.8 Å². The highest BCUT2D eigenvalue weighted by Gasteiger charge is 2.46. The Morgan fingerprint density at radius 1 is 1.35 bits per heavy atom. The second-order valence-corrected chi connectivity index (χ2v) is 7.40. The van der Waals surface area contributed by atoms with Crippen LogP contribution in [0.3, 0.4) is 0 Å². The van der Waals surface area contributed by atoms with Crippen molar-refractivity contribution in [3.63, 3.8) is 0 Å². The molecule has 3 aliphatic carbocycles. The van der Waals surface area contributed by atoms with Gasteiger partial charge in [0.2, 0.25) is 0 Å². The molecule has 1 aromatic carbocycles. The molecule has 0 spiro atoms. The van der Waals surface area contributed by atoms with E-state index in [0.29, 0.717) is 5.92 Å². The lowest BCUT2D eigenvalue weighted by molar-refractivity contribution is -0.140. The van der Waals surface area contributed by atoms with Crippen LogP contribution in [0.2, 0.25) is 0 Å². The number of fused-ring (bicyclic) bond motifs is 2. The molecule has 0 amide bonds. The van der Waals surface area contributed by atoms with Crippen molar-refractivity contribution >= 4 is 5.97 Å². The van der Waals surface area contributed by atoms with Crippen molar-refractivity contribution in [1.29, 1.82) is 0 Å². The summed E-state index contributed by atoms with van der Waals surface area (Å²) in [5, 5.41) is 8.62. The molecule has 0 aliphatic heterocycles. The van der Waals surface area contributed by atoms with Crippen molar-refractivity contribution in [2.24, 2.45) is 17.1 Å². The van der Waals surface area contributed by atoms with E-state index in [9.17, 15) is 4.79 Å². The Kier molecular flexibility index (Phi) is 3.92. The highest BCUT2D eigenvalue weighted by Crippen LogP contribution is 2.47. The minimum absolute atomic E-state index is 0.111. The molecule has 3 nitrogen and oxygen atoms in total. The molecular weight excluding hydrogens is 250 g/mol. The number of benzene rings is 1.